The fourth-order valence-electron chi connectivity index (χ4n) is 6.55. The van der Waals surface area contributed by atoms with Crippen LogP contribution in [0.25, 0.3) is 22.8 Å². The average molecular weight is 611 g/mol. The van der Waals surface area contributed by atoms with Gasteiger partial charge in [-0.2, -0.15) is 0 Å². The van der Waals surface area contributed by atoms with Crippen molar-refractivity contribution in [3.05, 3.63) is 83.4 Å². The molecule has 3 aliphatic rings. The summed E-state index contributed by atoms with van der Waals surface area (Å²) in [6.07, 6.45) is 5.76. The van der Waals surface area contributed by atoms with E-state index in [1.54, 1.807) is 0 Å². The molecular formula is C34H42N8O3. The molecule has 0 unspecified atom stereocenters. The van der Waals surface area contributed by atoms with Gasteiger partial charge in [0.05, 0.1) is 18.0 Å². The van der Waals surface area contributed by atoms with E-state index >= 15 is 0 Å². The van der Waals surface area contributed by atoms with Crippen molar-refractivity contribution in [3.63, 3.8) is 0 Å². The number of carbonyl (C=O) groups excluding carboxylic acids is 2. The van der Waals surface area contributed by atoms with Crippen molar-refractivity contribution in [1.29, 1.82) is 0 Å². The standard InChI is InChI=1S/C21H28N4O2.C13H14N4O/c26-14-13-24-11-12-25-18(15-24)19(21(27)22-17-9-5-2-6-10-17)23-20(25)16-7-3-1-4-8-16;14-12(18)11-10-8-15-6-7-17(10)13(16-11)9-4-2-1-3-5-9/h1,3-4,7-8,17,26H,2,5-6,9-15H2,(H,22,27);1-5,15H,6-8H2,(H2,14,18). The first kappa shape index (κ1) is 30.7. The molecule has 4 aromatic rings. The number of aliphatic hydroxyl groups excluding tert-OH is 1. The largest absolute Gasteiger partial charge is 0.395 e. The number of aliphatic hydroxyl groups is 1. The number of amides is 2. The zero-order valence-electron chi connectivity index (χ0n) is 25.6. The second-order valence-electron chi connectivity index (χ2n) is 11.8. The maximum atomic E-state index is 13.0. The quantitative estimate of drug-likeness (QED) is 0.252. The van der Waals surface area contributed by atoms with E-state index in [-0.39, 0.29) is 18.6 Å². The fraction of sp³-hybridized carbons (Fsp3) is 0.412. The Bertz CT molecular complexity index is 1610. The summed E-state index contributed by atoms with van der Waals surface area (Å²) in [6.45, 7) is 5.35. The zero-order chi connectivity index (χ0) is 31.2. The van der Waals surface area contributed by atoms with Crippen molar-refractivity contribution in [3.8, 4) is 22.8 Å². The number of nitrogens with two attached hydrogens (primary N) is 1. The maximum Gasteiger partial charge on any atom is 0.272 e. The summed E-state index contributed by atoms with van der Waals surface area (Å²) in [6, 6.07) is 20.2. The number of carbonyl (C=O) groups is 2. The number of hydrogen-bond acceptors (Lipinski definition) is 7. The highest BCUT2D eigenvalue weighted by Crippen LogP contribution is 2.27. The highest BCUT2D eigenvalue weighted by atomic mass is 16.3. The van der Waals surface area contributed by atoms with Crippen LogP contribution in [0.5, 0.6) is 0 Å². The van der Waals surface area contributed by atoms with Crippen LogP contribution >= 0.6 is 0 Å². The Morgan fingerprint density at radius 3 is 2.09 bits per heavy atom. The highest BCUT2D eigenvalue weighted by Gasteiger charge is 2.29. The van der Waals surface area contributed by atoms with Crippen LogP contribution in [0.2, 0.25) is 0 Å². The molecule has 2 aromatic heterocycles. The smallest absolute Gasteiger partial charge is 0.272 e. The first-order valence-electron chi connectivity index (χ1n) is 16.0. The molecule has 4 heterocycles. The minimum absolute atomic E-state index is 0.0568. The monoisotopic (exact) mass is 610 g/mol. The van der Waals surface area contributed by atoms with Crippen LogP contribution in [0.15, 0.2) is 60.7 Å². The van der Waals surface area contributed by atoms with Gasteiger partial charge in [0.15, 0.2) is 11.4 Å². The van der Waals surface area contributed by atoms with E-state index in [2.05, 4.69) is 29.7 Å². The second kappa shape index (κ2) is 14.2. The van der Waals surface area contributed by atoms with E-state index in [4.69, 9.17) is 10.7 Å². The number of aromatic nitrogens is 4. The summed E-state index contributed by atoms with van der Waals surface area (Å²) in [5.74, 6) is 1.16. The number of β-amino-alcohol motifs (C(OH)–C–C–N with tert-alkyl or cyclic N) is 1. The highest BCUT2D eigenvalue weighted by molar-refractivity contribution is 5.94. The molecule has 236 valence electrons. The molecule has 7 rings (SSSR count). The third-order valence-electron chi connectivity index (χ3n) is 8.83. The zero-order valence-corrected chi connectivity index (χ0v) is 25.6. The fourth-order valence-corrected chi connectivity index (χ4v) is 6.55. The van der Waals surface area contributed by atoms with Gasteiger partial charge in [-0.3, -0.25) is 14.5 Å². The third kappa shape index (κ3) is 6.85. The van der Waals surface area contributed by atoms with Crippen LogP contribution in [0.3, 0.4) is 0 Å². The van der Waals surface area contributed by atoms with Crippen molar-refractivity contribution in [2.75, 3.05) is 26.2 Å². The summed E-state index contributed by atoms with van der Waals surface area (Å²) >= 11 is 0. The number of primary amides is 1. The molecule has 1 aliphatic carbocycles. The molecule has 1 fully saturated rings. The van der Waals surface area contributed by atoms with Crippen molar-refractivity contribution in [2.45, 2.75) is 64.3 Å². The summed E-state index contributed by atoms with van der Waals surface area (Å²) in [5, 5.41) is 15.7. The van der Waals surface area contributed by atoms with E-state index in [1.807, 2.05) is 60.7 Å². The first-order valence-corrected chi connectivity index (χ1v) is 16.0. The van der Waals surface area contributed by atoms with Crippen LogP contribution in [0, 0.1) is 0 Å². The third-order valence-corrected chi connectivity index (χ3v) is 8.83. The van der Waals surface area contributed by atoms with E-state index < -0.39 is 5.91 Å². The predicted octanol–water partition coefficient (Wildman–Crippen LogP) is 3.17. The summed E-state index contributed by atoms with van der Waals surface area (Å²) < 4.78 is 4.25. The van der Waals surface area contributed by atoms with E-state index in [0.29, 0.717) is 31.0 Å². The molecule has 0 atom stereocenters. The van der Waals surface area contributed by atoms with Gasteiger partial charge >= 0.3 is 0 Å². The Labute approximate surface area is 263 Å². The molecule has 1 saturated carbocycles. The average Bonchev–Trinajstić information content (AvgIpc) is 3.66. The second-order valence-corrected chi connectivity index (χ2v) is 11.8. The van der Waals surface area contributed by atoms with E-state index in [9.17, 15) is 14.7 Å². The number of nitrogens with one attached hydrogen (secondary N) is 2. The molecule has 2 amide bonds. The van der Waals surface area contributed by atoms with Crippen molar-refractivity contribution >= 4 is 11.8 Å². The lowest BCUT2D eigenvalue weighted by atomic mass is 9.95. The molecule has 5 N–H and O–H groups in total. The van der Waals surface area contributed by atoms with Crippen LogP contribution in [-0.2, 0) is 26.2 Å². The summed E-state index contributed by atoms with van der Waals surface area (Å²) in [4.78, 5) is 35.9. The molecule has 0 bridgehead atoms. The van der Waals surface area contributed by atoms with Gasteiger partial charge in [-0.1, -0.05) is 79.9 Å². The molecule has 11 nitrogen and oxygen atoms in total. The number of rotatable bonds is 7. The number of nitrogens with zero attached hydrogens (tertiary/aromatic N) is 5. The van der Waals surface area contributed by atoms with Gasteiger partial charge in [0.2, 0.25) is 0 Å². The van der Waals surface area contributed by atoms with Crippen LogP contribution in [0.1, 0.15) is 64.5 Å². The molecular weight excluding hydrogens is 568 g/mol. The summed E-state index contributed by atoms with van der Waals surface area (Å²) in [5.41, 5.74) is 10.2. The summed E-state index contributed by atoms with van der Waals surface area (Å²) in [7, 11) is 0. The lowest BCUT2D eigenvalue weighted by Gasteiger charge is -2.29. The number of imidazole rings is 2. The minimum atomic E-state index is -0.468. The van der Waals surface area contributed by atoms with Gasteiger partial charge in [-0.15, -0.1) is 0 Å². The van der Waals surface area contributed by atoms with Crippen LogP contribution in [-0.4, -0.2) is 73.2 Å². The Hall–Kier alpha value is -4.32. The number of fused-ring (bicyclic) bond motifs is 2. The predicted molar refractivity (Wildman–Crippen MR) is 172 cm³/mol. The van der Waals surface area contributed by atoms with E-state index in [1.165, 1.54) is 19.3 Å². The Kier molecular flexibility index (Phi) is 9.68. The van der Waals surface area contributed by atoms with Crippen molar-refractivity contribution < 1.29 is 14.7 Å². The first-order chi connectivity index (χ1) is 22.0. The minimum Gasteiger partial charge on any atom is -0.395 e. The SMILES string of the molecule is NC(=O)c1nc(-c2ccccc2)n2c1CNCC2.O=C(NC1CCCCC1)c1nc(-c2ccccc2)n2c1CN(CCO)CC2. The van der Waals surface area contributed by atoms with Gasteiger partial charge in [0.25, 0.3) is 11.8 Å². The molecule has 11 heteroatoms. The Morgan fingerprint density at radius 2 is 1.47 bits per heavy atom. The Balaban J connectivity index is 0.000000172. The molecule has 45 heavy (non-hydrogen) atoms. The van der Waals surface area contributed by atoms with Gasteiger partial charge in [0.1, 0.15) is 11.6 Å². The number of hydrogen-bond donors (Lipinski definition) is 4. The molecule has 2 aliphatic heterocycles. The Morgan fingerprint density at radius 1 is 0.844 bits per heavy atom. The molecule has 0 radical (unpaired) electrons. The molecule has 0 saturated heterocycles. The molecule has 2 aromatic carbocycles. The molecule has 0 spiro atoms. The van der Waals surface area contributed by atoms with E-state index in [0.717, 1.165) is 73.2 Å². The topological polar surface area (TPSA) is 143 Å². The van der Waals surface area contributed by atoms with Crippen molar-refractivity contribution in [2.24, 2.45) is 5.73 Å². The van der Waals surface area contributed by atoms with Crippen molar-refractivity contribution in [1.82, 2.24) is 34.6 Å². The van der Waals surface area contributed by atoms with Gasteiger partial charge < -0.3 is 30.6 Å². The lowest BCUT2D eigenvalue weighted by molar-refractivity contribution is 0.0917. The van der Waals surface area contributed by atoms with Gasteiger partial charge in [0, 0.05) is 63.0 Å². The number of benzene rings is 2. The van der Waals surface area contributed by atoms with Crippen LogP contribution in [0.4, 0.5) is 0 Å². The van der Waals surface area contributed by atoms with Gasteiger partial charge in [-0.25, -0.2) is 9.97 Å². The van der Waals surface area contributed by atoms with Crippen LogP contribution < -0.4 is 16.4 Å². The van der Waals surface area contributed by atoms with Gasteiger partial charge in [-0.05, 0) is 12.8 Å². The maximum absolute atomic E-state index is 13.0. The lowest BCUT2D eigenvalue weighted by Crippen LogP contribution is -2.39. The normalized spacial score (nSPS) is 16.6.